The molecule has 18 nitrogen and oxygen atoms in total. The molecule has 13 atom stereocenters. The van der Waals surface area contributed by atoms with Crippen molar-refractivity contribution >= 4 is 17.9 Å². The van der Waals surface area contributed by atoms with Crippen molar-refractivity contribution in [3.05, 3.63) is 0 Å². The topological polar surface area (TPSA) is 289 Å². The summed E-state index contributed by atoms with van der Waals surface area (Å²) in [5, 5.41) is 92.4. The number of esters is 2. The quantitative estimate of drug-likeness (QED) is 0.0369. The van der Waals surface area contributed by atoms with Crippen molar-refractivity contribution in [3.63, 3.8) is 0 Å². The van der Waals surface area contributed by atoms with E-state index in [1.54, 1.807) is 0 Å². The Labute approximate surface area is 329 Å². The third-order valence-electron chi connectivity index (χ3n) is 10.0. The van der Waals surface area contributed by atoms with Gasteiger partial charge in [0.25, 0.3) is 0 Å². The summed E-state index contributed by atoms with van der Waals surface area (Å²) in [6, 6.07) is 0. The molecule has 0 aliphatic carbocycles. The van der Waals surface area contributed by atoms with Gasteiger partial charge in [-0.15, -0.1) is 0 Å². The van der Waals surface area contributed by atoms with Gasteiger partial charge in [0, 0.05) is 6.92 Å². The van der Waals surface area contributed by atoms with Crippen molar-refractivity contribution < 1.29 is 88.8 Å². The Morgan fingerprint density at radius 2 is 1.21 bits per heavy atom. The van der Waals surface area contributed by atoms with Crippen LogP contribution in [0.5, 0.6) is 0 Å². The van der Waals surface area contributed by atoms with Gasteiger partial charge in [-0.2, -0.15) is 0 Å². The smallest absolute Gasteiger partial charge is 0.332 e. The van der Waals surface area contributed by atoms with Crippen LogP contribution in [0.3, 0.4) is 0 Å². The van der Waals surface area contributed by atoms with Crippen LogP contribution >= 0.6 is 0 Å². The zero-order valence-electron chi connectivity index (χ0n) is 32.8. The average molecular weight is 813 g/mol. The monoisotopic (exact) mass is 812 g/mol. The van der Waals surface area contributed by atoms with E-state index >= 15 is 0 Å². The van der Waals surface area contributed by atoms with Gasteiger partial charge in [-0.3, -0.25) is 9.59 Å². The van der Waals surface area contributed by atoms with Crippen molar-refractivity contribution in [1.82, 2.24) is 0 Å². The van der Waals surface area contributed by atoms with E-state index in [0.717, 1.165) is 77.6 Å². The lowest BCUT2D eigenvalue weighted by Gasteiger charge is -2.46. The van der Waals surface area contributed by atoms with Crippen LogP contribution in [0.2, 0.25) is 0 Å². The Balaban J connectivity index is 1.86. The summed E-state index contributed by atoms with van der Waals surface area (Å²) in [5.41, 5.74) is 0. The fraction of sp³-hybridized carbons (Fsp3) is 0.921. The maximum atomic E-state index is 12.6. The molecule has 0 aromatic rings. The molecular weight excluding hydrogens is 744 g/mol. The van der Waals surface area contributed by atoms with Crippen molar-refractivity contribution in [2.45, 2.75) is 203 Å². The van der Waals surface area contributed by atoms with E-state index in [1.807, 2.05) is 6.92 Å². The molecule has 0 amide bonds. The highest BCUT2D eigenvalue weighted by Gasteiger charge is 2.52. The molecule has 2 rings (SSSR count). The Morgan fingerprint density at radius 3 is 1.79 bits per heavy atom. The Bertz CT molecular complexity index is 1100. The number of ether oxygens (including phenoxy) is 6. The molecule has 0 unspecified atom stereocenters. The fourth-order valence-electron chi connectivity index (χ4n) is 6.67. The number of carboxylic acid groups (broad SMARTS) is 1. The van der Waals surface area contributed by atoms with Gasteiger partial charge < -0.3 is 74.4 Å². The average Bonchev–Trinajstić information content (AvgIpc) is 3.15. The van der Waals surface area contributed by atoms with E-state index in [2.05, 4.69) is 0 Å². The molecule has 2 fully saturated rings. The Hall–Kier alpha value is -2.07. The third-order valence-corrected chi connectivity index (χ3v) is 10.0. The fourth-order valence-corrected chi connectivity index (χ4v) is 6.67. The highest BCUT2D eigenvalue weighted by molar-refractivity contribution is 5.71. The predicted molar refractivity (Wildman–Crippen MR) is 196 cm³/mol. The second-order valence-corrected chi connectivity index (χ2v) is 14.9. The molecule has 56 heavy (non-hydrogen) atoms. The first-order valence-corrected chi connectivity index (χ1v) is 20.2. The molecule has 2 saturated heterocycles. The van der Waals surface area contributed by atoms with Crippen LogP contribution in [0, 0.1) is 0 Å². The summed E-state index contributed by atoms with van der Waals surface area (Å²) in [5.74, 6) is -2.81. The Morgan fingerprint density at radius 1 is 0.661 bits per heavy atom. The Kier molecular flexibility index (Phi) is 24.7. The number of unbranched alkanes of at least 4 members (excludes halogenated alkanes) is 11. The highest BCUT2D eigenvalue weighted by Crippen LogP contribution is 2.31. The minimum absolute atomic E-state index is 0.245. The van der Waals surface area contributed by atoms with Crippen LogP contribution < -0.4 is 0 Å². The summed E-state index contributed by atoms with van der Waals surface area (Å²) >= 11 is 0. The van der Waals surface area contributed by atoms with Crippen molar-refractivity contribution in [2.75, 3.05) is 19.8 Å². The standard InChI is InChI=1S/C38H68O18/c1-3-4-13-16-24(41)19-29(44)55-35-30(45)27(20-39)53-38(33(35)48)56-34-28(22-51-23(2)40)54-37(32(47)31(34)46)52-21-25(42)17-14-11-9-7-5-6-8-10-12-15-18-26(43)36(49)50/h24-28,30-35,37-39,41-43,45-48H,3-22H2,1-2H3,(H,49,50)/t24-,25-,26+,27+,28+,30+,31+,32+,33+,34+,35-,37+,38-/m0/s1. The van der Waals surface area contributed by atoms with E-state index in [0.29, 0.717) is 25.7 Å². The molecule has 18 heteroatoms. The second-order valence-electron chi connectivity index (χ2n) is 14.9. The van der Waals surface area contributed by atoms with E-state index in [-0.39, 0.29) is 13.0 Å². The van der Waals surface area contributed by atoms with Crippen LogP contribution in [0.1, 0.15) is 123 Å². The summed E-state index contributed by atoms with van der Waals surface area (Å²) in [4.78, 5) is 34.9. The van der Waals surface area contributed by atoms with Gasteiger partial charge in [0.15, 0.2) is 24.8 Å². The van der Waals surface area contributed by atoms with Crippen molar-refractivity contribution in [3.8, 4) is 0 Å². The largest absolute Gasteiger partial charge is 0.479 e. The van der Waals surface area contributed by atoms with E-state index < -0.39 is 117 Å². The summed E-state index contributed by atoms with van der Waals surface area (Å²) in [7, 11) is 0. The van der Waals surface area contributed by atoms with Gasteiger partial charge in [-0.1, -0.05) is 90.4 Å². The number of hydrogen-bond acceptors (Lipinski definition) is 17. The SMILES string of the molecule is CCCCC[C@H](O)CC(=O)O[C@@H]1[C@@H](O)[C@H](O[C@H]2[C@H](O)[C@@H](O)[C@H](OC[C@@H](O)CCCCCCCCCCCC[C@@H](O)C(=O)O)O[C@@H]2COC(C)=O)O[C@H](CO)[C@H]1O. The third kappa shape index (κ3) is 18.2. The van der Waals surface area contributed by atoms with E-state index in [1.165, 1.54) is 0 Å². The number of aliphatic hydroxyl groups excluding tert-OH is 8. The maximum absolute atomic E-state index is 12.6. The molecule has 2 aliphatic heterocycles. The van der Waals surface area contributed by atoms with E-state index in [9.17, 15) is 55.2 Å². The van der Waals surface area contributed by atoms with Gasteiger partial charge in [-0.25, -0.2) is 4.79 Å². The molecule has 0 spiro atoms. The minimum atomic E-state index is -1.87. The zero-order valence-corrected chi connectivity index (χ0v) is 32.8. The molecule has 0 radical (unpaired) electrons. The first kappa shape index (κ1) is 50.1. The van der Waals surface area contributed by atoms with Gasteiger partial charge in [0.2, 0.25) is 0 Å². The van der Waals surface area contributed by atoms with Gasteiger partial charge in [0.05, 0.1) is 31.8 Å². The highest BCUT2D eigenvalue weighted by atomic mass is 16.7. The maximum Gasteiger partial charge on any atom is 0.332 e. The summed E-state index contributed by atoms with van der Waals surface area (Å²) in [6.07, 6.45) is -7.02. The zero-order chi connectivity index (χ0) is 41.6. The molecule has 0 saturated carbocycles. The van der Waals surface area contributed by atoms with Crippen molar-refractivity contribution in [1.29, 1.82) is 0 Å². The summed E-state index contributed by atoms with van der Waals surface area (Å²) in [6.45, 7) is 1.61. The van der Waals surface area contributed by atoms with Crippen LogP contribution in [-0.4, -0.2) is 163 Å². The predicted octanol–water partition coefficient (Wildman–Crippen LogP) is 0.568. The van der Waals surface area contributed by atoms with E-state index in [4.69, 9.17) is 33.5 Å². The van der Waals surface area contributed by atoms with Gasteiger partial charge >= 0.3 is 17.9 Å². The number of rotatable bonds is 29. The van der Waals surface area contributed by atoms with Gasteiger partial charge in [-0.05, 0) is 19.3 Å². The number of carbonyl (C=O) groups is 3. The van der Waals surface area contributed by atoms with Crippen LogP contribution in [0.25, 0.3) is 0 Å². The molecule has 0 aromatic heterocycles. The number of aliphatic hydroxyl groups is 8. The molecule has 2 heterocycles. The van der Waals surface area contributed by atoms with Crippen LogP contribution in [0.4, 0.5) is 0 Å². The lowest BCUT2D eigenvalue weighted by Crippen LogP contribution is -2.65. The van der Waals surface area contributed by atoms with Crippen LogP contribution in [-0.2, 0) is 42.8 Å². The molecule has 2 aliphatic rings. The summed E-state index contributed by atoms with van der Waals surface area (Å²) < 4.78 is 33.2. The molecule has 0 bridgehead atoms. The number of carbonyl (C=O) groups excluding carboxylic acids is 2. The first-order valence-electron chi connectivity index (χ1n) is 20.2. The number of carboxylic acids is 1. The molecular formula is C38H68O18. The minimum Gasteiger partial charge on any atom is -0.479 e. The molecule has 0 aromatic carbocycles. The lowest BCUT2D eigenvalue weighted by atomic mass is 9.96. The molecule has 328 valence electrons. The normalized spacial score (nSPS) is 29.7. The second kappa shape index (κ2) is 27.6. The molecule has 9 N–H and O–H groups in total. The lowest BCUT2D eigenvalue weighted by molar-refractivity contribution is -0.360. The number of hydrogen-bond donors (Lipinski definition) is 9. The number of aliphatic carboxylic acids is 1. The van der Waals surface area contributed by atoms with Gasteiger partial charge in [0.1, 0.15) is 49.3 Å². The first-order chi connectivity index (χ1) is 26.7. The van der Waals surface area contributed by atoms with Crippen molar-refractivity contribution in [2.24, 2.45) is 0 Å². The van der Waals surface area contributed by atoms with Crippen LogP contribution in [0.15, 0.2) is 0 Å².